The van der Waals surface area contributed by atoms with Crippen LogP contribution in [0.2, 0.25) is 0 Å². The summed E-state index contributed by atoms with van der Waals surface area (Å²) in [5, 5.41) is 12.0. The maximum Gasteiger partial charge on any atom is 0.235 e. The molecule has 17 heavy (non-hydrogen) atoms. The zero-order valence-electron chi connectivity index (χ0n) is 9.75. The number of nitrogens with one attached hydrogen (secondary N) is 1. The Bertz CT molecular complexity index is 460. The van der Waals surface area contributed by atoms with Gasteiger partial charge in [0.05, 0.1) is 5.41 Å². The normalized spacial score (nSPS) is 26.0. The van der Waals surface area contributed by atoms with E-state index in [1.807, 2.05) is 13.8 Å². The number of carbonyl (C=O) groups excluding carboxylic acids is 1. The average molecular weight is 294 g/mol. The average Bonchev–Trinajstić information content (AvgIpc) is 2.63. The maximum atomic E-state index is 12.0. The molecule has 1 fully saturated rings. The standard InChI is InChI=1S/C10H13Cl2N3OS/c1-5(2)6-14-15-8(17-6)13-7(16)9(3)4-10(9,11)12/h5H,4H2,1-3H3,(H,13,15,16)/t9-/m0/s1. The molecule has 0 aromatic carbocycles. The van der Waals surface area contributed by atoms with Crippen LogP contribution in [0.15, 0.2) is 0 Å². The van der Waals surface area contributed by atoms with Crippen LogP contribution in [0.4, 0.5) is 5.13 Å². The molecule has 1 aliphatic carbocycles. The van der Waals surface area contributed by atoms with E-state index in [0.29, 0.717) is 17.5 Å². The number of hydrogen-bond donors (Lipinski definition) is 1. The lowest BCUT2D eigenvalue weighted by atomic mass is 10.1. The molecular weight excluding hydrogens is 281 g/mol. The number of halogens is 2. The summed E-state index contributed by atoms with van der Waals surface area (Å²) in [5.41, 5.74) is -0.722. The van der Waals surface area contributed by atoms with Gasteiger partial charge < -0.3 is 0 Å². The lowest BCUT2D eigenvalue weighted by molar-refractivity contribution is -0.120. The summed E-state index contributed by atoms with van der Waals surface area (Å²) in [4.78, 5) is 12.0. The molecule has 1 N–H and O–H groups in total. The first-order valence-electron chi connectivity index (χ1n) is 5.29. The summed E-state index contributed by atoms with van der Waals surface area (Å²) in [5.74, 6) is 0.101. The number of aromatic nitrogens is 2. The second-order valence-corrected chi connectivity index (χ2v) is 7.26. The Morgan fingerprint density at radius 3 is 2.47 bits per heavy atom. The molecule has 4 nitrogen and oxygen atoms in total. The van der Waals surface area contributed by atoms with Crippen molar-refractivity contribution in [1.29, 1.82) is 0 Å². The summed E-state index contributed by atoms with van der Waals surface area (Å²) in [7, 11) is 0. The summed E-state index contributed by atoms with van der Waals surface area (Å²) in [6.45, 7) is 5.79. The number of alkyl halides is 2. The third-order valence-electron chi connectivity index (χ3n) is 2.91. The van der Waals surface area contributed by atoms with Gasteiger partial charge in [-0.3, -0.25) is 10.1 Å². The largest absolute Gasteiger partial charge is 0.300 e. The second kappa shape index (κ2) is 4.07. The minimum atomic E-state index is -0.956. The number of rotatable bonds is 3. The van der Waals surface area contributed by atoms with Gasteiger partial charge in [0, 0.05) is 5.92 Å². The van der Waals surface area contributed by atoms with Crippen molar-refractivity contribution in [2.24, 2.45) is 5.41 Å². The maximum absolute atomic E-state index is 12.0. The van der Waals surface area contributed by atoms with Crippen LogP contribution in [-0.2, 0) is 4.79 Å². The van der Waals surface area contributed by atoms with Crippen molar-refractivity contribution in [2.75, 3.05) is 5.32 Å². The van der Waals surface area contributed by atoms with E-state index in [2.05, 4.69) is 15.5 Å². The van der Waals surface area contributed by atoms with Crippen LogP contribution in [0.3, 0.4) is 0 Å². The van der Waals surface area contributed by atoms with Gasteiger partial charge in [-0.05, 0) is 13.3 Å². The third kappa shape index (κ3) is 2.28. The minimum absolute atomic E-state index is 0.200. The summed E-state index contributed by atoms with van der Waals surface area (Å²) >= 11 is 13.2. The van der Waals surface area contributed by atoms with Gasteiger partial charge in [0.25, 0.3) is 0 Å². The van der Waals surface area contributed by atoms with Crippen molar-refractivity contribution in [3.05, 3.63) is 5.01 Å². The topological polar surface area (TPSA) is 54.9 Å². The molecule has 1 aliphatic rings. The molecule has 2 rings (SSSR count). The first kappa shape index (κ1) is 13.1. The van der Waals surface area contributed by atoms with Crippen molar-refractivity contribution in [1.82, 2.24) is 10.2 Å². The number of hydrogen-bond acceptors (Lipinski definition) is 4. The van der Waals surface area contributed by atoms with Crippen LogP contribution >= 0.6 is 34.5 Å². The van der Waals surface area contributed by atoms with Crippen LogP contribution in [-0.4, -0.2) is 20.4 Å². The zero-order chi connectivity index (χ0) is 12.8. The van der Waals surface area contributed by atoms with Gasteiger partial charge >= 0.3 is 0 Å². The molecule has 0 saturated heterocycles. The first-order valence-corrected chi connectivity index (χ1v) is 6.86. The summed E-state index contributed by atoms with van der Waals surface area (Å²) in [6.07, 6.45) is 0.463. The van der Waals surface area contributed by atoms with E-state index in [-0.39, 0.29) is 5.91 Å². The van der Waals surface area contributed by atoms with E-state index in [0.717, 1.165) is 5.01 Å². The fourth-order valence-electron chi connectivity index (χ4n) is 1.40. The van der Waals surface area contributed by atoms with E-state index in [9.17, 15) is 4.79 Å². The highest BCUT2D eigenvalue weighted by Crippen LogP contribution is 2.64. The van der Waals surface area contributed by atoms with Gasteiger partial charge in [0.1, 0.15) is 9.34 Å². The van der Waals surface area contributed by atoms with Gasteiger partial charge in [-0.25, -0.2) is 0 Å². The number of amides is 1. The highest BCUT2D eigenvalue weighted by molar-refractivity contribution is 7.15. The van der Waals surface area contributed by atoms with Crippen molar-refractivity contribution < 1.29 is 4.79 Å². The SMILES string of the molecule is CC(C)c1nnc(NC(=O)[C@]2(C)CC2(Cl)Cl)s1. The van der Waals surface area contributed by atoms with Crippen LogP contribution in [0.25, 0.3) is 0 Å². The Hall–Kier alpha value is -0.390. The van der Waals surface area contributed by atoms with E-state index >= 15 is 0 Å². The van der Waals surface area contributed by atoms with Crippen molar-refractivity contribution >= 4 is 45.6 Å². The van der Waals surface area contributed by atoms with E-state index < -0.39 is 9.75 Å². The van der Waals surface area contributed by atoms with Crippen molar-refractivity contribution in [2.45, 2.75) is 37.4 Å². The Labute approximate surface area is 114 Å². The Kier molecular flexibility index (Phi) is 3.13. The quantitative estimate of drug-likeness (QED) is 0.871. The molecule has 94 valence electrons. The molecule has 1 heterocycles. The molecular formula is C10H13Cl2N3OS. The first-order chi connectivity index (χ1) is 7.76. The Morgan fingerprint density at radius 2 is 2.06 bits per heavy atom. The van der Waals surface area contributed by atoms with Gasteiger partial charge in [-0.1, -0.05) is 25.2 Å². The molecule has 0 radical (unpaired) electrons. The number of carbonyl (C=O) groups is 1. The predicted molar refractivity (Wildman–Crippen MR) is 69.8 cm³/mol. The Morgan fingerprint density at radius 1 is 1.47 bits per heavy atom. The molecule has 1 aromatic rings. The zero-order valence-corrected chi connectivity index (χ0v) is 12.1. The fraction of sp³-hybridized carbons (Fsp3) is 0.700. The van der Waals surface area contributed by atoms with Gasteiger partial charge in [-0.15, -0.1) is 33.4 Å². The highest BCUT2D eigenvalue weighted by atomic mass is 35.5. The molecule has 0 bridgehead atoms. The third-order valence-corrected chi connectivity index (χ3v) is 5.15. The number of anilines is 1. The second-order valence-electron chi connectivity index (χ2n) is 4.77. The molecule has 0 aliphatic heterocycles. The van der Waals surface area contributed by atoms with Crippen LogP contribution in [0, 0.1) is 5.41 Å². The van der Waals surface area contributed by atoms with Crippen LogP contribution < -0.4 is 5.32 Å². The van der Waals surface area contributed by atoms with Gasteiger partial charge in [0.2, 0.25) is 11.0 Å². The monoisotopic (exact) mass is 293 g/mol. The summed E-state index contributed by atoms with van der Waals surface area (Å²) < 4.78 is -0.956. The highest BCUT2D eigenvalue weighted by Gasteiger charge is 2.68. The van der Waals surface area contributed by atoms with E-state index in [1.165, 1.54) is 11.3 Å². The summed E-state index contributed by atoms with van der Waals surface area (Å²) in [6, 6.07) is 0. The van der Waals surface area contributed by atoms with Crippen molar-refractivity contribution in [3.8, 4) is 0 Å². The van der Waals surface area contributed by atoms with Gasteiger partial charge in [-0.2, -0.15) is 0 Å². The fourth-order valence-corrected chi connectivity index (χ4v) is 2.85. The predicted octanol–water partition coefficient (Wildman–Crippen LogP) is 3.18. The smallest absolute Gasteiger partial charge is 0.235 e. The minimum Gasteiger partial charge on any atom is -0.300 e. The molecule has 1 atom stereocenters. The molecule has 7 heteroatoms. The van der Waals surface area contributed by atoms with Crippen molar-refractivity contribution in [3.63, 3.8) is 0 Å². The molecule has 0 spiro atoms. The Balaban J connectivity index is 2.04. The lowest BCUT2D eigenvalue weighted by Gasteiger charge is -2.09. The molecule has 0 unspecified atom stereocenters. The van der Waals surface area contributed by atoms with Crippen LogP contribution in [0.5, 0.6) is 0 Å². The molecule has 1 amide bonds. The van der Waals surface area contributed by atoms with E-state index in [1.54, 1.807) is 6.92 Å². The molecule has 1 aromatic heterocycles. The van der Waals surface area contributed by atoms with Crippen LogP contribution in [0.1, 0.15) is 38.1 Å². The van der Waals surface area contributed by atoms with Gasteiger partial charge in [0.15, 0.2) is 0 Å². The lowest BCUT2D eigenvalue weighted by Crippen LogP contribution is -2.25. The number of nitrogens with zero attached hydrogens (tertiary/aromatic N) is 2. The molecule has 1 saturated carbocycles. The van der Waals surface area contributed by atoms with E-state index in [4.69, 9.17) is 23.2 Å².